The molecular formula is C13H14ClNO4. The third-order valence-electron chi connectivity index (χ3n) is 3.11. The van der Waals surface area contributed by atoms with Crippen LogP contribution in [0.4, 0.5) is 5.69 Å². The summed E-state index contributed by atoms with van der Waals surface area (Å²) in [5.74, 6) is -0.212. The maximum Gasteiger partial charge on any atom is 0.337 e. The Morgan fingerprint density at radius 1 is 1.58 bits per heavy atom. The number of aromatic hydroxyl groups is 1. The van der Waals surface area contributed by atoms with E-state index in [0.29, 0.717) is 24.5 Å². The van der Waals surface area contributed by atoms with E-state index >= 15 is 0 Å². The van der Waals surface area contributed by atoms with Crippen molar-refractivity contribution >= 4 is 29.2 Å². The zero-order valence-electron chi connectivity index (χ0n) is 10.4. The first-order chi connectivity index (χ1) is 9.06. The number of esters is 1. The average Bonchev–Trinajstić information content (AvgIpc) is 2.79. The van der Waals surface area contributed by atoms with Crippen LogP contribution in [0.2, 0.25) is 0 Å². The van der Waals surface area contributed by atoms with Gasteiger partial charge >= 0.3 is 5.97 Å². The number of phenolic OH excluding ortho intramolecular Hbond substituents is 1. The molecular weight excluding hydrogens is 270 g/mol. The summed E-state index contributed by atoms with van der Waals surface area (Å²) in [7, 11) is 1.28. The van der Waals surface area contributed by atoms with E-state index < -0.39 is 5.97 Å². The zero-order chi connectivity index (χ0) is 14.0. The van der Waals surface area contributed by atoms with Gasteiger partial charge in [-0.05, 0) is 24.1 Å². The number of anilines is 1. The van der Waals surface area contributed by atoms with Crippen LogP contribution in [0.3, 0.4) is 0 Å². The minimum absolute atomic E-state index is 0.0452. The topological polar surface area (TPSA) is 66.8 Å². The van der Waals surface area contributed by atoms with Crippen LogP contribution in [0.15, 0.2) is 18.2 Å². The maximum absolute atomic E-state index is 11.9. The minimum atomic E-state index is -0.512. The Labute approximate surface area is 115 Å². The van der Waals surface area contributed by atoms with Gasteiger partial charge in [-0.15, -0.1) is 11.6 Å². The van der Waals surface area contributed by atoms with Crippen LogP contribution in [-0.4, -0.2) is 36.5 Å². The highest BCUT2D eigenvalue weighted by molar-refractivity contribution is 6.18. The summed E-state index contributed by atoms with van der Waals surface area (Å²) in [6, 6.07) is 4.28. The van der Waals surface area contributed by atoms with Crippen molar-refractivity contribution in [2.45, 2.75) is 6.42 Å². The molecule has 2 rings (SSSR count). The lowest BCUT2D eigenvalue weighted by molar-refractivity contribution is -0.117. The van der Waals surface area contributed by atoms with Crippen molar-refractivity contribution in [1.82, 2.24) is 0 Å². The number of alkyl halides is 1. The molecule has 0 saturated carbocycles. The number of hydrogen-bond acceptors (Lipinski definition) is 4. The van der Waals surface area contributed by atoms with Gasteiger partial charge in [0.05, 0.1) is 18.4 Å². The Kier molecular flexibility index (Phi) is 3.95. The second kappa shape index (κ2) is 5.48. The molecule has 102 valence electrons. The van der Waals surface area contributed by atoms with Crippen molar-refractivity contribution in [3.63, 3.8) is 0 Å². The fourth-order valence-corrected chi connectivity index (χ4v) is 2.31. The van der Waals surface area contributed by atoms with Crippen LogP contribution in [-0.2, 0) is 9.53 Å². The number of ether oxygens (including phenoxy) is 1. The number of amides is 1. The number of benzene rings is 1. The van der Waals surface area contributed by atoms with Gasteiger partial charge in [-0.1, -0.05) is 0 Å². The molecule has 1 amide bonds. The number of halogens is 1. The largest absolute Gasteiger partial charge is 0.506 e. The smallest absolute Gasteiger partial charge is 0.337 e. The molecule has 0 aromatic heterocycles. The minimum Gasteiger partial charge on any atom is -0.506 e. The van der Waals surface area contributed by atoms with Crippen LogP contribution in [0.1, 0.15) is 16.8 Å². The predicted octanol–water partition coefficient (Wildman–Crippen LogP) is 1.77. The summed E-state index contributed by atoms with van der Waals surface area (Å²) >= 11 is 5.75. The van der Waals surface area contributed by atoms with Gasteiger partial charge in [0.25, 0.3) is 0 Å². The van der Waals surface area contributed by atoms with Crippen LogP contribution >= 0.6 is 11.6 Å². The fraction of sp³-hybridized carbons (Fsp3) is 0.385. The second-order valence-electron chi connectivity index (χ2n) is 4.42. The molecule has 1 aliphatic heterocycles. The maximum atomic E-state index is 11.9. The summed E-state index contributed by atoms with van der Waals surface area (Å²) < 4.78 is 4.62. The number of carbonyl (C=O) groups excluding carboxylic acids is 2. The second-order valence-corrected chi connectivity index (χ2v) is 4.73. The zero-order valence-corrected chi connectivity index (χ0v) is 11.2. The first kappa shape index (κ1) is 13.7. The number of rotatable bonds is 3. The molecule has 1 aliphatic rings. The molecule has 1 atom stereocenters. The van der Waals surface area contributed by atoms with E-state index in [2.05, 4.69) is 4.74 Å². The first-order valence-corrected chi connectivity index (χ1v) is 6.38. The molecule has 0 spiro atoms. The molecule has 1 aromatic carbocycles. The highest BCUT2D eigenvalue weighted by Crippen LogP contribution is 2.33. The molecule has 0 radical (unpaired) electrons. The SMILES string of the molecule is COC(=O)c1ccc(O)c(N2CC(CCl)CC2=O)c1. The molecule has 19 heavy (non-hydrogen) atoms. The van der Waals surface area contributed by atoms with Gasteiger partial charge in [-0.25, -0.2) is 4.79 Å². The van der Waals surface area contributed by atoms with Crippen molar-refractivity contribution in [3.05, 3.63) is 23.8 Å². The van der Waals surface area contributed by atoms with E-state index in [1.807, 2.05) is 0 Å². The summed E-state index contributed by atoms with van der Waals surface area (Å²) in [4.78, 5) is 24.8. The van der Waals surface area contributed by atoms with Gasteiger partial charge in [-0.3, -0.25) is 4.79 Å². The number of nitrogens with zero attached hydrogens (tertiary/aromatic N) is 1. The lowest BCUT2D eigenvalue weighted by Crippen LogP contribution is -2.25. The van der Waals surface area contributed by atoms with Gasteiger partial charge in [0, 0.05) is 18.8 Å². The van der Waals surface area contributed by atoms with Crippen LogP contribution < -0.4 is 4.90 Å². The van der Waals surface area contributed by atoms with Gasteiger partial charge in [-0.2, -0.15) is 0 Å². The Balaban J connectivity index is 2.34. The standard InChI is InChI=1S/C13H14ClNO4/c1-19-13(18)9-2-3-11(16)10(5-9)15-7-8(6-14)4-12(15)17/h2-3,5,8,16H,4,6-7H2,1H3. The third kappa shape index (κ3) is 2.66. The van der Waals surface area contributed by atoms with E-state index in [0.717, 1.165) is 0 Å². The Morgan fingerprint density at radius 2 is 2.32 bits per heavy atom. The quantitative estimate of drug-likeness (QED) is 0.678. The van der Waals surface area contributed by atoms with Gasteiger partial charge in [0.15, 0.2) is 0 Å². The first-order valence-electron chi connectivity index (χ1n) is 5.84. The summed E-state index contributed by atoms with van der Waals surface area (Å²) in [5.41, 5.74) is 0.609. The summed E-state index contributed by atoms with van der Waals surface area (Å²) in [6.07, 6.45) is 0.353. The molecule has 1 N–H and O–H groups in total. The number of phenols is 1. The number of methoxy groups -OCH3 is 1. The van der Waals surface area contributed by atoms with Crippen molar-refractivity contribution in [2.24, 2.45) is 5.92 Å². The van der Waals surface area contributed by atoms with Crippen LogP contribution in [0.5, 0.6) is 5.75 Å². The lowest BCUT2D eigenvalue weighted by Gasteiger charge is -2.18. The van der Waals surface area contributed by atoms with Crippen molar-refractivity contribution < 1.29 is 19.4 Å². The Hall–Kier alpha value is -1.75. The van der Waals surface area contributed by atoms with E-state index in [1.54, 1.807) is 0 Å². The van der Waals surface area contributed by atoms with Gasteiger partial charge in [0.2, 0.25) is 5.91 Å². The molecule has 0 bridgehead atoms. The Morgan fingerprint density at radius 3 is 2.89 bits per heavy atom. The molecule has 1 aromatic rings. The number of carbonyl (C=O) groups is 2. The van der Waals surface area contributed by atoms with E-state index in [4.69, 9.17) is 11.6 Å². The third-order valence-corrected chi connectivity index (χ3v) is 3.55. The van der Waals surface area contributed by atoms with E-state index in [1.165, 1.54) is 30.2 Å². The number of hydrogen-bond donors (Lipinski definition) is 1. The van der Waals surface area contributed by atoms with Crippen LogP contribution in [0, 0.1) is 5.92 Å². The molecule has 1 saturated heterocycles. The van der Waals surface area contributed by atoms with Crippen molar-refractivity contribution in [1.29, 1.82) is 0 Å². The molecule has 1 fully saturated rings. The molecule has 0 aliphatic carbocycles. The molecule has 6 heteroatoms. The normalized spacial score (nSPS) is 18.7. The highest BCUT2D eigenvalue weighted by Gasteiger charge is 2.31. The van der Waals surface area contributed by atoms with Crippen molar-refractivity contribution in [3.8, 4) is 5.75 Å². The highest BCUT2D eigenvalue weighted by atomic mass is 35.5. The fourth-order valence-electron chi connectivity index (χ4n) is 2.10. The molecule has 1 unspecified atom stereocenters. The average molecular weight is 284 g/mol. The van der Waals surface area contributed by atoms with E-state index in [-0.39, 0.29) is 23.1 Å². The summed E-state index contributed by atoms with van der Waals surface area (Å²) in [6.45, 7) is 0.445. The summed E-state index contributed by atoms with van der Waals surface area (Å²) in [5, 5.41) is 9.85. The van der Waals surface area contributed by atoms with Crippen LogP contribution in [0.25, 0.3) is 0 Å². The lowest BCUT2D eigenvalue weighted by atomic mass is 10.1. The van der Waals surface area contributed by atoms with E-state index in [9.17, 15) is 14.7 Å². The monoisotopic (exact) mass is 283 g/mol. The van der Waals surface area contributed by atoms with Crippen molar-refractivity contribution in [2.75, 3.05) is 24.4 Å². The molecule has 1 heterocycles. The molecule has 5 nitrogen and oxygen atoms in total. The van der Waals surface area contributed by atoms with Gasteiger partial charge < -0.3 is 14.7 Å². The van der Waals surface area contributed by atoms with Gasteiger partial charge in [0.1, 0.15) is 5.75 Å². The predicted molar refractivity (Wildman–Crippen MR) is 70.6 cm³/mol. The Bertz CT molecular complexity index is 517.